The molecule has 7 heteroatoms. The van der Waals surface area contributed by atoms with E-state index in [2.05, 4.69) is 36.2 Å². The lowest BCUT2D eigenvalue weighted by atomic mass is 10.1. The van der Waals surface area contributed by atoms with Crippen LogP contribution < -0.4 is 5.32 Å². The number of furan rings is 1. The predicted molar refractivity (Wildman–Crippen MR) is 120 cm³/mol. The number of aryl methyl sites for hydroxylation is 1. The molecule has 1 aliphatic heterocycles. The van der Waals surface area contributed by atoms with Crippen LogP contribution in [0.1, 0.15) is 30.0 Å². The third kappa shape index (κ3) is 6.42. The molecule has 1 aliphatic rings. The lowest BCUT2D eigenvalue weighted by Crippen LogP contribution is -2.45. The summed E-state index contributed by atoms with van der Waals surface area (Å²) in [7, 11) is 1.58. The largest absolute Gasteiger partial charge is 0.451 e. The minimum absolute atomic E-state index is 0.00398. The van der Waals surface area contributed by atoms with E-state index in [0.717, 1.165) is 44.8 Å². The molecule has 1 fully saturated rings. The summed E-state index contributed by atoms with van der Waals surface area (Å²) in [6.07, 6.45) is 0.971. The number of carbonyl (C=O) groups is 2. The molecule has 1 aromatic heterocycles. The number of hydrogen-bond acceptors (Lipinski definition) is 5. The Hall–Kier alpha value is -2.64. The van der Waals surface area contributed by atoms with Gasteiger partial charge in [-0.15, -0.1) is 0 Å². The molecule has 1 unspecified atom stereocenters. The number of rotatable bonds is 9. The summed E-state index contributed by atoms with van der Waals surface area (Å²) < 4.78 is 11.3. The Bertz CT molecular complexity index is 856. The van der Waals surface area contributed by atoms with E-state index in [1.165, 1.54) is 5.56 Å². The molecule has 0 radical (unpaired) electrons. The third-order valence-corrected chi connectivity index (χ3v) is 5.57. The van der Waals surface area contributed by atoms with Gasteiger partial charge in [-0.2, -0.15) is 0 Å². The second-order valence-electron chi connectivity index (χ2n) is 8.09. The van der Waals surface area contributed by atoms with Crippen LogP contribution in [0.2, 0.25) is 0 Å². The van der Waals surface area contributed by atoms with Gasteiger partial charge in [-0.1, -0.05) is 38.1 Å². The topological polar surface area (TPSA) is 75.0 Å². The molecule has 31 heavy (non-hydrogen) atoms. The smallest absolute Gasteiger partial charge is 0.290 e. The number of benzene rings is 1. The zero-order valence-corrected chi connectivity index (χ0v) is 18.7. The van der Waals surface area contributed by atoms with Gasteiger partial charge in [0.05, 0.1) is 19.8 Å². The number of likely N-dealkylation sites (N-methyl/N-ethyl adjacent to an activating group) is 1. The highest BCUT2D eigenvalue weighted by Gasteiger charge is 2.25. The first-order valence-electron chi connectivity index (χ1n) is 11.0. The Labute approximate surface area is 184 Å². The van der Waals surface area contributed by atoms with Crippen LogP contribution in [0.4, 0.5) is 0 Å². The molecule has 2 aromatic rings. The van der Waals surface area contributed by atoms with Crippen molar-refractivity contribution >= 4 is 11.8 Å². The molecule has 168 valence electrons. The van der Waals surface area contributed by atoms with E-state index < -0.39 is 0 Å². The van der Waals surface area contributed by atoms with Crippen LogP contribution in [-0.2, 0) is 16.0 Å². The van der Waals surface area contributed by atoms with Gasteiger partial charge in [0, 0.05) is 38.8 Å². The number of nitrogens with zero attached hydrogens (tertiary/aromatic N) is 2. The van der Waals surface area contributed by atoms with E-state index in [9.17, 15) is 9.59 Å². The van der Waals surface area contributed by atoms with E-state index in [1.54, 1.807) is 18.0 Å². The normalized spacial score (nSPS) is 15.5. The van der Waals surface area contributed by atoms with Gasteiger partial charge in [0.25, 0.3) is 5.91 Å². The molecule has 2 heterocycles. The van der Waals surface area contributed by atoms with Crippen LogP contribution in [0.15, 0.2) is 40.8 Å². The van der Waals surface area contributed by atoms with Crippen molar-refractivity contribution in [3.63, 3.8) is 0 Å². The summed E-state index contributed by atoms with van der Waals surface area (Å²) in [5.74, 6) is 0.634. The molecule has 0 spiro atoms. The van der Waals surface area contributed by atoms with Gasteiger partial charge in [-0.05, 0) is 30.0 Å². The van der Waals surface area contributed by atoms with Crippen LogP contribution >= 0.6 is 0 Å². The Balaban J connectivity index is 1.70. The minimum atomic E-state index is -0.270. The van der Waals surface area contributed by atoms with Gasteiger partial charge in [-0.3, -0.25) is 14.5 Å². The molecule has 3 rings (SSSR count). The highest BCUT2D eigenvalue weighted by Crippen LogP contribution is 2.24. The average molecular weight is 428 g/mol. The average Bonchev–Trinajstić information content (AvgIpc) is 3.29. The van der Waals surface area contributed by atoms with Crippen LogP contribution in [0.25, 0.3) is 11.3 Å². The van der Waals surface area contributed by atoms with E-state index >= 15 is 0 Å². The van der Waals surface area contributed by atoms with E-state index in [-0.39, 0.29) is 30.0 Å². The maximum atomic E-state index is 13.2. The third-order valence-electron chi connectivity index (χ3n) is 5.57. The van der Waals surface area contributed by atoms with Gasteiger partial charge in [0.1, 0.15) is 5.76 Å². The first-order chi connectivity index (χ1) is 15.0. The zero-order valence-electron chi connectivity index (χ0n) is 18.7. The van der Waals surface area contributed by atoms with Gasteiger partial charge in [0.15, 0.2) is 5.76 Å². The van der Waals surface area contributed by atoms with E-state index in [4.69, 9.17) is 9.15 Å². The number of carbonyl (C=O) groups excluding carboxylic acids is 2. The predicted octanol–water partition coefficient (Wildman–Crippen LogP) is 2.67. The van der Waals surface area contributed by atoms with Crippen molar-refractivity contribution in [3.8, 4) is 11.3 Å². The van der Waals surface area contributed by atoms with Crippen molar-refractivity contribution in [2.45, 2.75) is 20.3 Å². The van der Waals surface area contributed by atoms with Crippen molar-refractivity contribution in [2.75, 3.05) is 53.0 Å². The molecule has 2 amide bonds. The minimum Gasteiger partial charge on any atom is -0.451 e. The fourth-order valence-electron chi connectivity index (χ4n) is 3.80. The Kier molecular flexibility index (Phi) is 8.26. The SMILES string of the molecule is CCc1ccc(-c2ccc(C(=O)N(CC(=O)NC)CC(C)CN3CCOCC3)o2)cc1. The summed E-state index contributed by atoms with van der Waals surface area (Å²) in [6.45, 7) is 8.81. The van der Waals surface area contributed by atoms with Crippen LogP contribution in [0.5, 0.6) is 0 Å². The lowest BCUT2D eigenvalue weighted by molar-refractivity contribution is -0.121. The number of morpholine rings is 1. The second kappa shape index (κ2) is 11.1. The van der Waals surface area contributed by atoms with Crippen LogP contribution in [-0.4, -0.2) is 74.6 Å². The number of nitrogens with one attached hydrogen (secondary N) is 1. The molecule has 0 saturated carbocycles. The van der Waals surface area contributed by atoms with E-state index in [1.807, 2.05) is 18.2 Å². The molecule has 0 bridgehead atoms. The van der Waals surface area contributed by atoms with Crippen molar-refractivity contribution in [2.24, 2.45) is 5.92 Å². The molecule has 1 N–H and O–H groups in total. The standard InChI is InChI=1S/C24H33N3O4/c1-4-19-5-7-20(8-6-19)21-9-10-22(31-21)24(29)27(17-23(28)25-3)16-18(2)15-26-11-13-30-14-12-26/h5-10,18H,4,11-17H2,1-3H3,(H,25,28). The van der Waals surface area contributed by atoms with Gasteiger partial charge >= 0.3 is 0 Å². The highest BCUT2D eigenvalue weighted by atomic mass is 16.5. The quantitative estimate of drug-likeness (QED) is 0.666. The maximum absolute atomic E-state index is 13.2. The van der Waals surface area contributed by atoms with Crippen molar-refractivity contribution in [1.82, 2.24) is 15.1 Å². The Morgan fingerprint density at radius 1 is 1.13 bits per heavy atom. The van der Waals surface area contributed by atoms with Crippen LogP contribution in [0.3, 0.4) is 0 Å². The number of hydrogen-bond donors (Lipinski definition) is 1. The number of ether oxygens (including phenoxy) is 1. The number of amides is 2. The van der Waals surface area contributed by atoms with E-state index in [0.29, 0.717) is 12.3 Å². The van der Waals surface area contributed by atoms with Crippen molar-refractivity contribution in [1.29, 1.82) is 0 Å². The lowest BCUT2D eigenvalue weighted by Gasteiger charge is -2.31. The molecule has 7 nitrogen and oxygen atoms in total. The summed E-state index contributed by atoms with van der Waals surface area (Å²) >= 11 is 0. The first-order valence-corrected chi connectivity index (χ1v) is 11.0. The van der Waals surface area contributed by atoms with Crippen molar-refractivity contribution < 1.29 is 18.7 Å². The molecular weight excluding hydrogens is 394 g/mol. The molecular formula is C24H33N3O4. The monoisotopic (exact) mass is 427 g/mol. The second-order valence-corrected chi connectivity index (χ2v) is 8.09. The fraction of sp³-hybridized carbons (Fsp3) is 0.500. The van der Waals surface area contributed by atoms with Crippen molar-refractivity contribution in [3.05, 3.63) is 47.7 Å². The first kappa shape index (κ1) is 23.0. The van der Waals surface area contributed by atoms with Gasteiger partial charge in [-0.25, -0.2) is 0 Å². The Morgan fingerprint density at radius 2 is 1.84 bits per heavy atom. The fourth-order valence-corrected chi connectivity index (χ4v) is 3.80. The maximum Gasteiger partial charge on any atom is 0.290 e. The molecule has 1 atom stereocenters. The molecule has 1 aromatic carbocycles. The molecule has 0 aliphatic carbocycles. The summed E-state index contributed by atoms with van der Waals surface area (Å²) in [5, 5.41) is 2.61. The summed E-state index contributed by atoms with van der Waals surface area (Å²) in [4.78, 5) is 29.2. The van der Waals surface area contributed by atoms with Gasteiger partial charge < -0.3 is 19.4 Å². The molecule has 1 saturated heterocycles. The summed E-state index contributed by atoms with van der Waals surface area (Å²) in [5.41, 5.74) is 2.17. The van der Waals surface area contributed by atoms with Crippen LogP contribution in [0, 0.1) is 5.92 Å². The highest BCUT2D eigenvalue weighted by molar-refractivity contribution is 5.94. The summed E-state index contributed by atoms with van der Waals surface area (Å²) in [6, 6.07) is 11.6. The Morgan fingerprint density at radius 3 is 2.48 bits per heavy atom. The zero-order chi connectivity index (χ0) is 22.2. The van der Waals surface area contributed by atoms with Gasteiger partial charge in [0.2, 0.25) is 5.91 Å².